The maximum absolute atomic E-state index is 12.7. The van der Waals surface area contributed by atoms with Crippen molar-refractivity contribution in [3.05, 3.63) is 34.2 Å². The van der Waals surface area contributed by atoms with Gasteiger partial charge in [0.25, 0.3) is 10.0 Å². The van der Waals surface area contributed by atoms with E-state index in [2.05, 4.69) is 9.88 Å². The van der Waals surface area contributed by atoms with Crippen LogP contribution >= 0.6 is 11.6 Å². The van der Waals surface area contributed by atoms with Crippen LogP contribution in [0.2, 0.25) is 5.02 Å². The summed E-state index contributed by atoms with van der Waals surface area (Å²) >= 11 is 6.03. The first kappa shape index (κ1) is 15.2. The minimum Gasteiger partial charge on any atom is -0.492 e. The van der Waals surface area contributed by atoms with Crippen LogP contribution in [0, 0.1) is 6.92 Å². The highest BCUT2D eigenvalue weighted by atomic mass is 35.5. The van der Waals surface area contributed by atoms with Gasteiger partial charge in [-0.15, -0.1) is 0 Å². The predicted octanol–water partition coefficient (Wildman–Crippen LogP) is 2.93. The van der Waals surface area contributed by atoms with Crippen molar-refractivity contribution in [2.45, 2.75) is 31.6 Å². The molecular formula is C14H15ClN2O4S. The third-order valence-electron chi connectivity index (χ3n) is 3.51. The lowest BCUT2D eigenvalue weighted by Crippen LogP contribution is -2.15. The van der Waals surface area contributed by atoms with Crippen molar-refractivity contribution in [1.29, 1.82) is 0 Å². The van der Waals surface area contributed by atoms with Crippen LogP contribution in [0.3, 0.4) is 0 Å². The number of aromatic nitrogens is 1. The Kier molecular flexibility index (Phi) is 3.78. The SMILES string of the molecule is CCc1noc(C)c1NS(=O)(=O)c1cc(Cl)cc2c1OCC2. The fourth-order valence-corrected chi connectivity index (χ4v) is 4.08. The smallest absolute Gasteiger partial charge is 0.265 e. The van der Waals surface area contributed by atoms with Crippen molar-refractivity contribution >= 4 is 27.3 Å². The average Bonchev–Trinajstić information content (AvgIpc) is 3.05. The van der Waals surface area contributed by atoms with Gasteiger partial charge in [0.1, 0.15) is 22.0 Å². The molecule has 0 atom stereocenters. The molecule has 3 rings (SSSR count). The number of nitrogens with one attached hydrogen (secondary N) is 1. The van der Waals surface area contributed by atoms with E-state index < -0.39 is 10.0 Å². The Morgan fingerprint density at radius 2 is 2.18 bits per heavy atom. The molecule has 1 aliphatic rings. The highest BCUT2D eigenvalue weighted by Crippen LogP contribution is 2.37. The molecule has 1 aromatic heterocycles. The molecule has 118 valence electrons. The van der Waals surface area contributed by atoms with Crippen LogP contribution in [0.1, 0.15) is 23.9 Å². The fraction of sp³-hybridized carbons (Fsp3) is 0.357. The molecule has 0 bridgehead atoms. The summed E-state index contributed by atoms with van der Waals surface area (Å²) in [7, 11) is -3.85. The van der Waals surface area contributed by atoms with E-state index in [1.54, 1.807) is 13.0 Å². The van der Waals surface area contributed by atoms with Crippen molar-refractivity contribution in [3.8, 4) is 5.75 Å². The molecule has 1 N–H and O–H groups in total. The quantitative estimate of drug-likeness (QED) is 0.923. The van der Waals surface area contributed by atoms with E-state index in [1.807, 2.05) is 6.92 Å². The number of halogens is 1. The van der Waals surface area contributed by atoms with Gasteiger partial charge in [0.15, 0.2) is 5.76 Å². The van der Waals surface area contributed by atoms with Crippen LogP contribution in [0.4, 0.5) is 5.69 Å². The lowest BCUT2D eigenvalue weighted by atomic mass is 10.2. The van der Waals surface area contributed by atoms with Gasteiger partial charge >= 0.3 is 0 Å². The third-order valence-corrected chi connectivity index (χ3v) is 5.08. The molecule has 22 heavy (non-hydrogen) atoms. The van der Waals surface area contributed by atoms with Crippen molar-refractivity contribution in [3.63, 3.8) is 0 Å². The second-order valence-electron chi connectivity index (χ2n) is 5.01. The van der Waals surface area contributed by atoms with Gasteiger partial charge in [0, 0.05) is 17.0 Å². The highest BCUT2D eigenvalue weighted by molar-refractivity contribution is 7.92. The van der Waals surface area contributed by atoms with Crippen LogP contribution in [0.25, 0.3) is 0 Å². The van der Waals surface area contributed by atoms with Gasteiger partial charge in [-0.1, -0.05) is 23.7 Å². The van der Waals surface area contributed by atoms with Crippen molar-refractivity contribution < 1.29 is 17.7 Å². The zero-order chi connectivity index (χ0) is 15.9. The van der Waals surface area contributed by atoms with E-state index in [4.69, 9.17) is 20.9 Å². The summed E-state index contributed by atoms with van der Waals surface area (Å²) in [5.41, 5.74) is 1.72. The molecule has 0 spiro atoms. The number of hydrogen-bond donors (Lipinski definition) is 1. The Bertz CT molecular complexity index is 830. The Hall–Kier alpha value is -1.73. The first-order chi connectivity index (χ1) is 10.4. The van der Waals surface area contributed by atoms with Crippen LogP contribution < -0.4 is 9.46 Å². The molecule has 2 heterocycles. The van der Waals surface area contributed by atoms with Gasteiger partial charge < -0.3 is 9.26 Å². The van der Waals surface area contributed by atoms with Gasteiger partial charge in [-0.2, -0.15) is 0 Å². The lowest BCUT2D eigenvalue weighted by molar-refractivity contribution is 0.348. The summed E-state index contributed by atoms with van der Waals surface area (Å²) in [6.07, 6.45) is 1.20. The fourth-order valence-electron chi connectivity index (χ4n) is 2.41. The molecule has 0 saturated carbocycles. The largest absolute Gasteiger partial charge is 0.492 e. The van der Waals surface area contributed by atoms with E-state index in [0.717, 1.165) is 5.56 Å². The molecule has 0 saturated heterocycles. The summed E-state index contributed by atoms with van der Waals surface area (Å²) in [4.78, 5) is 0.0372. The zero-order valence-corrected chi connectivity index (χ0v) is 13.7. The minimum absolute atomic E-state index is 0.0372. The van der Waals surface area contributed by atoms with E-state index in [1.165, 1.54) is 6.07 Å². The van der Waals surface area contributed by atoms with Crippen LogP contribution in [0.5, 0.6) is 5.75 Å². The molecule has 1 aromatic carbocycles. The van der Waals surface area contributed by atoms with Crippen LogP contribution in [0.15, 0.2) is 21.6 Å². The number of anilines is 1. The molecule has 1 aliphatic heterocycles. The number of nitrogens with zero attached hydrogens (tertiary/aromatic N) is 1. The van der Waals surface area contributed by atoms with Gasteiger partial charge in [-0.05, 0) is 25.5 Å². The number of hydrogen-bond acceptors (Lipinski definition) is 5. The summed E-state index contributed by atoms with van der Waals surface area (Å²) in [6.45, 7) is 3.98. The second kappa shape index (κ2) is 5.48. The van der Waals surface area contributed by atoms with Gasteiger partial charge in [0.2, 0.25) is 0 Å². The van der Waals surface area contributed by atoms with Gasteiger partial charge in [-0.25, -0.2) is 8.42 Å². The molecule has 8 heteroatoms. The monoisotopic (exact) mass is 342 g/mol. The van der Waals surface area contributed by atoms with E-state index in [-0.39, 0.29) is 4.90 Å². The number of benzene rings is 1. The number of ether oxygens (including phenoxy) is 1. The van der Waals surface area contributed by atoms with Crippen molar-refractivity contribution in [2.24, 2.45) is 0 Å². The van der Waals surface area contributed by atoms with Crippen molar-refractivity contribution in [2.75, 3.05) is 11.3 Å². The molecular weight excluding hydrogens is 328 g/mol. The average molecular weight is 343 g/mol. The molecule has 0 fully saturated rings. The lowest BCUT2D eigenvalue weighted by Gasteiger charge is -2.12. The van der Waals surface area contributed by atoms with Crippen molar-refractivity contribution in [1.82, 2.24) is 5.16 Å². The highest BCUT2D eigenvalue weighted by Gasteiger charge is 2.28. The first-order valence-electron chi connectivity index (χ1n) is 6.85. The number of aryl methyl sites for hydroxylation is 2. The zero-order valence-electron chi connectivity index (χ0n) is 12.1. The number of sulfonamides is 1. The normalized spacial score (nSPS) is 13.8. The van der Waals surface area contributed by atoms with E-state index in [9.17, 15) is 8.42 Å². The Balaban J connectivity index is 2.06. The molecule has 0 aliphatic carbocycles. The molecule has 0 radical (unpaired) electrons. The summed E-state index contributed by atoms with van der Waals surface area (Å²) in [5.74, 6) is 0.782. The number of rotatable bonds is 4. The third kappa shape index (κ3) is 2.55. The molecule has 2 aromatic rings. The Morgan fingerprint density at radius 1 is 1.41 bits per heavy atom. The second-order valence-corrected chi connectivity index (χ2v) is 7.10. The standard InChI is InChI=1S/C14H15ClN2O4S/c1-3-11-13(8(2)21-16-11)17-22(18,19)12-7-10(15)6-9-4-5-20-14(9)12/h6-7,17H,3-5H2,1-2H3. The molecule has 0 amide bonds. The Labute approximate surface area is 133 Å². The summed E-state index contributed by atoms with van der Waals surface area (Å²) in [5, 5.41) is 4.21. The molecule has 6 nitrogen and oxygen atoms in total. The van der Waals surface area contributed by atoms with Crippen LogP contribution in [-0.4, -0.2) is 20.2 Å². The number of fused-ring (bicyclic) bond motifs is 1. The Morgan fingerprint density at radius 3 is 2.91 bits per heavy atom. The van der Waals surface area contributed by atoms with E-state index in [0.29, 0.717) is 47.4 Å². The van der Waals surface area contributed by atoms with Crippen LogP contribution in [-0.2, 0) is 22.9 Å². The maximum atomic E-state index is 12.7. The summed E-state index contributed by atoms with van der Waals surface area (Å²) in [6, 6.07) is 3.12. The molecule has 0 unspecified atom stereocenters. The summed E-state index contributed by atoms with van der Waals surface area (Å²) < 4.78 is 38.5. The minimum atomic E-state index is -3.85. The van der Waals surface area contributed by atoms with Gasteiger partial charge in [-0.3, -0.25) is 4.72 Å². The first-order valence-corrected chi connectivity index (χ1v) is 8.71. The van der Waals surface area contributed by atoms with Gasteiger partial charge in [0.05, 0.1) is 6.61 Å². The predicted molar refractivity (Wildman–Crippen MR) is 82.1 cm³/mol. The van der Waals surface area contributed by atoms with E-state index >= 15 is 0 Å². The maximum Gasteiger partial charge on any atom is 0.265 e. The topological polar surface area (TPSA) is 81.4 Å².